The molecule has 152 valence electrons. The Hall–Kier alpha value is -2.78. The Morgan fingerprint density at radius 2 is 1.76 bits per heavy atom. The smallest absolute Gasteiger partial charge is 0.339 e. The number of fused-ring (bicyclic) bond motifs is 1. The Morgan fingerprint density at radius 3 is 2.45 bits per heavy atom. The van der Waals surface area contributed by atoms with Crippen LogP contribution in [0, 0.1) is 0 Å². The number of sulfone groups is 1. The monoisotopic (exact) mass is 432 g/mol. The van der Waals surface area contributed by atoms with Crippen molar-refractivity contribution in [3.8, 4) is 0 Å². The largest absolute Gasteiger partial charge is 0.452 e. The van der Waals surface area contributed by atoms with Crippen molar-refractivity contribution >= 4 is 48.4 Å². The summed E-state index contributed by atoms with van der Waals surface area (Å²) in [7, 11) is -3.60. The predicted molar refractivity (Wildman–Crippen MR) is 112 cm³/mol. The lowest BCUT2D eigenvalue weighted by Crippen LogP contribution is -2.34. The Labute approximate surface area is 172 Å². The minimum Gasteiger partial charge on any atom is -0.452 e. The van der Waals surface area contributed by atoms with Gasteiger partial charge in [-0.2, -0.15) is 0 Å². The highest BCUT2D eigenvalue weighted by Gasteiger charge is 2.24. The molecule has 9 heteroatoms. The van der Waals surface area contributed by atoms with Crippen LogP contribution >= 0.6 is 11.3 Å². The number of ether oxygens (including phenoxy) is 1. The molecule has 0 fully saturated rings. The van der Waals surface area contributed by atoms with Crippen LogP contribution in [-0.2, 0) is 19.4 Å². The average molecular weight is 433 g/mol. The lowest BCUT2D eigenvalue weighted by molar-refractivity contribution is -0.121. The molecule has 0 aliphatic heterocycles. The maximum atomic E-state index is 12.6. The number of thiazole rings is 1. The van der Waals surface area contributed by atoms with Crippen LogP contribution in [-0.4, -0.2) is 44.2 Å². The number of carbonyl (C=O) groups excluding carboxylic acids is 2. The normalized spacial score (nSPS) is 11.4. The van der Waals surface area contributed by atoms with Gasteiger partial charge in [-0.15, -0.1) is 0 Å². The Bertz CT molecular complexity index is 1120. The third-order valence-electron chi connectivity index (χ3n) is 4.28. The minimum absolute atomic E-state index is 0.0785. The number of nitrogens with zero attached hydrogens (tertiary/aromatic N) is 2. The molecule has 0 radical (unpaired) electrons. The lowest BCUT2D eigenvalue weighted by atomic mass is 10.2. The van der Waals surface area contributed by atoms with Crippen LogP contribution in [0.4, 0.5) is 5.13 Å². The summed E-state index contributed by atoms with van der Waals surface area (Å²) in [6.07, 6.45) is 0. The van der Waals surface area contributed by atoms with Crippen molar-refractivity contribution in [2.75, 3.05) is 23.8 Å². The van der Waals surface area contributed by atoms with Crippen molar-refractivity contribution in [2.45, 2.75) is 18.7 Å². The van der Waals surface area contributed by atoms with Crippen molar-refractivity contribution in [1.29, 1.82) is 0 Å². The molecular formula is C20H20N2O5S2. The molecule has 0 bridgehead atoms. The molecule has 1 aromatic heterocycles. The number of amides is 1. The number of rotatable bonds is 7. The summed E-state index contributed by atoms with van der Waals surface area (Å²) in [5, 5.41) is 0.517. The summed E-state index contributed by atoms with van der Waals surface area (Å²) in [6.45, 7) is 3.15. The van der Waals surface area contributed by atoms with Crippen LogP contribution in [0.15, 0.2) is 53.4 Å². The number of hydrogen-bond donors (Lipinski definition) is 0. The quantitative estimate of drug-likeness (QED) is 0.532. The SMILES string of the molecule is CCN(C(=O)COC(=O)c1ccccc1S(=O)(=O)CC)c1nc2ccccc2s1. The van der Waals surface area contributed by atoms with Crippen molar-refractivity contribution in [2.24, 2.45) is 0 Å². The first-order chi connectivity index (χ1) is 13.9. The summed E-state index contributed by atoms with van der Waals surface area (Å²) >= 11 is 1.37. The van der Waals surface area contributed by atoms with E-state index in [2.05, 4.69) is 4.98 Å². The van der Waals surface area contributed by atoms with E-state index >= 15 is 0 Å². The fourth-order valence-corrected chi connectivity index (χ4v) is 4.87. The summed E-state index contributed by atoms with van der Waals surface area (Å²) in [5.74, 6) is -1.43. The fraction of sp³-hybridized carbons (Fsp3) is 0.250. The van der Waals surface area contributed by atoms with E-state index in [1.807, 2.05) is 24.3 Å². The van der Waals surface area contributed by atoms with Gasteiger partial charge in [-0.05, 0) is 31.2 Å². The molecule has 0 N–H and O–H groups in total. The number of likely N-dealkylation sites (N-methyl/N-ethyl adjacent to an activating group) is 1. The van der Waals surface area contributed by atoms with Gasteiger partial charge in [0.1, 0.15) is 0 Å². The van der Waals surface area contributed by atoms with Crippen LogP contribution in [0.5, 0.6) is 0 Å². The number of benzene rings is 2. The standard InChI is InChI=1S/C20H20N2O5S2/c1-3-22(20-21-15-10-6-7-11-16(15)28-20)18(23)13-27-19(24)14-9-5-8-12-17(14)29(25,26)4-2/h5-12H,3-4,13H2,1-2H3. The van der Waals surface area contributed by atoms with Gasteiger partial charge in [-0.1, -0.05) is 42.5 Å². The van der Waals surface area contributed by atoms with Gasteiger partial charge >= 0.3 is 5.97 Å². The zero-order chi connectivity index (χ0) is 21.0. The van der Waals surface area contributed by atoms with Gasteiger partial charge in [0.05, 0.1) is 26.4 Å². The maximum Gasteiger partial charge on any atom is 0.339 e. The van der Waals surface area contributed by atoms with Crippen LogP contribution in [0.25, 0.3) is 10.2 Å². The van der Waals surface area contributed by atoms with Crippen LogP contribution in [0.1, 0.15) is 24.2 Å². The maximum absolute atomic E-state index is 12.6. The number of para-hydroxylation sites is 1. The Balaban J connectivity index is 1.75. The molecule has 0 saturated carbocycles. The Kier molecular flexibility index (Phi) is 6.29. The molecule has 2 aromatic carbocycles. The van der Waals surface area contributed by atoms with Gasteiger partial charge in [0, 0.05) is 6.54 Å². The van der Waals surface area contributed by atoms with E-state index in [4.69, 9.17) is 4.74 Å². The lowest BCUT2D eigenvalue weighted by Gasteiger charge is -2.17. The highest BCUT2D eigenvalue weighted by atomic mass is 32.2. The third kappa shape index (κ3) is 4.46. The highest BCUT2D eigenvalue weighted by Crippen LogP contribution is 2.28. The molecule has 1 heterocycles. The predicted octanol–water partition coefficient (Wildman–Crippen LogP) is 3.30. The van der Waals surface area contributed by atoms with Crippen molar-refractivity contribution in [1.82, 2.24) is 4.98 Å². The zero-order valence-electron chi connectivity index (χ0n) is 16.0. The first-order valence-electron chi connectivity index (χ1n) is 9.02. The minimum atomic E-state index is -3.60. The van der Waals surface area contributed by atoms with Crippen LogP contribution in [0.2, 0.25) is 0 Å². The highest BCUT2D eigenvalue weighted by molar-refractivity contribution is 7.91. The molecule has 0 saturated heterocycles. The number of aromatic nitrogens is 1. The van der Waals surface area contributed by atoms with E-state index in [9.17, 15) is 18.0 Å². The summed E-state index contributed by atoms with van der Waals surface area (Å²) in [4.78, 5) is 30.9. The molecule has 1 amide bonds. The van der Waals surface area contributed by atoms with Gasteiger partial charge < -0.3 is 4.74 Å². The second kappa shape index (κ2) is 8.71. The summed E-state index contributed by atoms with van der Waals surface area (Å²) < 4.78 is 30.5. The number of esters is 1. The third-order valence-corrected chi connectivity index (χ3v) is 7.13. The van der Waals surface area contributed by atoms with E-state index in [1.54, 1.807) is 13.0 Å². The van der Waals surface area contributed by atoms with Gasteiger partial charge in [0.15, 0.2) is 21.6 Å². The van der Waals surface area contributed by atoms with Gasteiger partial charge in [0.2, 0.25) is 0 Å². The van der Waals surface area contributed by atoms with Crippen LogP contribution in [0.3, 0.4) is 0 Å². The first-order valence-corrected chi connectivity index (χ1v) is 11.5. The van der Waals surface area contributed by atoms with E-state index in [1.165, 1.54) is 41.4 Å². The molecule has 3 rings (SSSR count). The summed E-state index contributed by atoms with van der Waals surface area (Å²) in [6, 6.07) is 13.4. The molecule has 3 aromatic rings. The van der Waals surface area contributed by atoms with Gasteiger partial charge in [0.25, 0.3) is 5.91 Å². The fourth-order valence-electron chi connectivity index (χ4n) is 2.74. The second-order valence-electron chi connectivity index (χ2n) is 6.08. The molecule has 7 nitrogen and oxygen atoms in total. The second-order valence-corrected chi connectivity index (χ2v) is 9.33. The summed E-state index contributed by atoms with van der Waals surface area (Å²) in [5.41, 5.74) is 0.708. The van der Waals surface area contributed by atoms with Gasteiger partial charge in [-0.25, -0.2) is 18.2 Å². The number of carbonyl (C=O) groups is 2. The molecular weight excluding hydrogens is 412 g/mol. The van der Waals surface area contributed by atoms with E-state index in [-0.39, 0.29) is 16.2 Å². The van der Waals surface area contributed by atoms with E-state index in [0.717, 1.165) is 10.2 Å². The molecule has 0 aliphatic carbocycles. The van der Waals surface area contributed by atoms with Crippen LogP contribution < -0.4 is 4.90 Å². The first kappa shape index (κ1) is 20.9. The topological polar surface area (TPSA) is 93.6 Å². The molecule has 0 aliphatic rings. The van der Waals surface area contributed by atoms with Gasteiger partial charge in [-0.3, -0.25) is 9.69 Å². The van der Waals surface area contributed by atoms with Crippen molar-refractivity contribution in [3.63, 3.8) is 0 Å². The zero-order valence-corrected chi connectivity index (χ0v) is 17.6. The molecule has 29 heavy (non-hydrogen) atoms. The van der Waals surface area contributed by atoms with Crippen molar-refractivity contribution in [3.05, 3.63) is 54.1 Å². The van der Waals surface area contributed by atoms with Crippen molar-refractivity contribution < 1.29 is 22.7 Å². The Morgan fingerprint density at radius 1 is 1.07 bits per heavy atom. The number of anilines is 1. The molecule has 0 spiro atoms. The number of hydrogen-bond acceptors (Lipinski definition) is 7. The van der Waals surface area contributed by atoms with E-state index < -0.39 is 28.3 Å². The average Bonchev–Trinajstić information content (AvgIpc) is 3.16. The molecule has 0 unspecified atom stereocenters. The van der Waals surface area contributed by atoms with E-state index in [0.29, 0.717) is 11.7 Å². The molecule has 0 atom stereocenters.